The van der Waals surface area contributed by atoms with Gasteiger partial charge in [0.25, 0.3) is 5.69 Å². The number of nitrogens with one attached hydrogen (secondary N) is 2. The van der Waals surface area contributed by atoms with Crippen molar-refractivity contribution in [3.05, 3.63) is 28.3 Å². The van der Waals surface area contributed by atoms with Gasteiger partial charge in [-0.05, 0) is 43.2 Å². The Morgan fingerprint density at radius 1 is 1.27 bits per heavy atom. The van der Waals surface area contributed by atoms with Gasteiger partial charge in [0.05, 0.1) is 9.82 Å². The summed E-state index contributed by atoms with van der Waals surface area (Å²) in [4.78, 5) is 22.7. The zero-order chi connectivity index (χ0) is 18.9. The van der Waals surface area contributed by atoms with E-state index in [-0.39, 0.29) is 28.1 Å². The van der Waals surface area contributed by atoms with Crippen molar-refractivity contribution in [2.24, 2.45) is 17.8 Å². The highest BCUT2D eigenvalue weighted by Gasteiger charge is 2.42. The Morgan fingerprint density at radius 2 is 2.04 bits per heavy atom. The van der Waals surface area contributed by atoms with Crippen LogP contribution in [0.2, 0.25) is 0 Å². The molecule has 1 aromatic carbocycles. The van der Waals surface area contributed by atoms with Gasteiger partial charge in [0, 0.05) is 31.3 Å². The lowest BCUT2D eigenvalue weighted by atomic mass is 9.88. The van der Waals surface area contributed by atoms with E-state index >= 15 is 0 Å². The highest BCUT2D eigenvalue weighted by Crippen LogP contribution is 2.48. The summed E-state index contributed by atoms with van der Waals surface area (Å²) >= 11 is 0. The molecule has 1 aromatic rings. The largest absolute Gasteiger partial charge is 0.378 e. The van der Waals surface area contributed by atoms with Crippen LogP contribution in [0.25, 0.3) is 0 Å². The van der Waals surface area contributed by atoms with Gasteiger partial charge in [-0.3, -0.25) is 14.9 Å². The van der Waals surface area contributed by atoms with Gasteiger partial charge >= 0.3 is 0 Å². The standard InChI is InChI=1S/C17H23N3O5S/c1-26(24,25)13-4-5-15(16(10-13)20(22)23)18-6-7-19-17(21)14-9-11-2-3-12(14)8-11/h4-5,10-12,14,18H,2-3,6-9H2,1H3,(H,19,21)/t11-,12-,14-/m0/s1. The summed E-state index contributed by atoms with van der Waals surface area (Å²) in [5.74, 6) is 1.39. The third kappa shape index (κ3) is 3.98. The van der Waals surface area contributed by atoms with Crippen molar-refractivity contribution in [3.63, 3.8) is 0 Å². The maximum absolute atomic E-state index is 12.3. The van der Waals surface area contributed by atoms with Gasteiger partial charge in [0.2, 0.25) is 5.91 Å². The van der Waals surface area contributed by atoms with Crippen LogP contribution in [0.1, 0.15) is 25.7 Å². The Balaban J connectivity index is 1.54. The number of nitro benzene ring substituents is 1. The smallest absolute Gasteiger partial charge is 0.293 e. The second-order valence-corrected chi connectivity index (χ2v) is 9.22. The van der Waals surface area contributed by atoms with Crippen LogP contribution in [0.15, 0.2) is 23.1 Å². The molecule has 0 unspecified atom stereocenters. The lowest BCUT2D eigenvalue weighted by molar-refractivity contribution is -0.384. The molecule has 0 heterocycles. The van der Waals surface area contributed by atoms with E-state index in [1.807, 2.05) is 0 Å². The van der Waals surface area contributed by atoms with Crippen LogP contribution in [-0.2, 0) is 14.6 Å². The molecular formula is C17H23N3O5S. The lowest BCUT2D eigenvalue weighted by Crippen LogP contribution is -2.36. The first kappa shape index (κ1) is 18.6. The summed E-state index contributed by atoms with van der Waals surface area (Å²) in [7, 11) is -3.52. The number of hydrogen-bond acceptors (Lipinski definition) is 6. The molecule has 26 heavy (non-hydrogen) atoms. The van der Waals surface area contributed by atoms with Gasteiger partial charge in [-0.1, -0.05) is 6.42 Å². The van der Waals surface area contributed by atoms with Crippen molar-refractivity contribution in [2.75, 3.05) is 24.7 Å². The molecule has 0 radical (unpaired) electrons. The minimum atomic E-state index is -3.52. The quantitative estimate of drug-likeness (QED) is 0.423. The van der Waals surface area contributed by atoms with Crippen LogP contribution in [0, 0.1) is 27.9 Å². The van der Waals surface area contributed by atoms with Gasteiger partial charge in [0.15, 0.2) is 9.84 Å². The van der Waals surface area contributed by atoms with Gasteiger partial charge < -0.3 is 10.6 Å². The molecule has 1 amide bonds. The average Bonchev–Trinajstić information content (AvgIpc) is 3.20. The summed E-state index contributed by atoms with van der Waals surface area (Å²) in [5, 5.41) is 17.0. The number of hydrogen-bond donors (Lipinski definition) is 2. The van der Waals surface area contributed by atoms with E-state index in [0.29, 0.717) is 24.9 Å². The molecule has 0 aromatic heterocycles. The van der Waals surface area contributed by atoms with Crippen molar-refractivity contribution >= 4 is 27.1 Å². The second kappa shape index (κ2) is 7.22. The molecule has 0 aliphatic heterocycles. The minimum Gasteiger partial charge on any atom is -0.378 e. The van der Waals surface area contributed by atoms with Crippen LogP contribution in [0.4, 0.5) is 11.4 Å². The van der Waals surface area contributed by atoms with Crippen LogP contribution in [0.5, 0.6) is 0 Å². The Kier molecular flexibility index (Phi) is 5.17. The molecule has 0 spiro atoms. The minimum absolute atomic E-state index is 0.0703. The first-order valence-corrected chi connectivity index (χ1v) is 10.6. The van der Waals surface area contributed by atoms with Gasteiger partial charge in [0.1, 0.15) is 5.69 Å². The second-order valence-electron chi connectivity index (χ2n) is 7.21. The van der Waals surface area contributed by atoms with E-state index < -0.39 is 14.8 Å². The highest BCUT2D eigenvalue weighted by atomic mass is 32.2. The topological polar surface area (TPSA) is 118 Å². The van der Waals surface area contributed by atoms with Gasteiger partial charge in [-0.2, -0.15) is 0 Å². The van der Waals surface area contributed by atoms with Gasteiger partial charge in [-0.25, -0.2) is 8.42 Å². The third-order valence-corrected chi connectivity index (χ3v) is 6.52. The molecular weight excluding hydrogens is 358 g/mol. The van der Waals surface area contributed by atoms with E-state index in [2.05, 4.69) is 10.6 Å². The van der Waals surface area contributed by atoms with Crippen LogP contribution < -0.4 is 10.6 Å². The number of sulfone groups is 1. The lowest BCUT2D eigenvalue weighted by Gasteiger charge is -2.20. The molecule has 2 N–H and O–H groups in total. The molecule has 9 heteroatoms. The van der Waals surface area contributed by atoms with Crippen molar-refractivity contribution in [1.82, 2.24) is 5.32 Å². The predicted molar refractivity (Wildman–Crippen MR) is 96.6 cm³/mol. The summed E-state index contributed by atoms with van der Waals surface area (Å²) in [6.45, 7) is 0.684. The van der Waals surface area contributed by atoms with Crippen LogP contribution in [-0.4, -0.2) is 38.6 Å². The van der Waals surface area contributed by atoms with E-state index in [0.717, 1.165) is 31.6 Å². The number of fused-ring (bicyclic) bond motifs is 2. The number of carbonyl (C=O) groups excluding carboxylic acids is 1. The first-order chi connectivity index (χ1) is 12.3. The van der Waals surface area contributed by atoms with E-state index in [4.69, 9.17) is 0 Å². The number of rotatable bonds is 7. The number of anilines is 1. The molecule has 2 aliphatic rings. The Labute approximate surface area is 152 Å². The molecule has 3 rings (SSSR count). The molecule has 8 nitrogen and oxygen atoms in total. The van der Waals surface area contributed by atoms with Crippen molar-refractivity contribution in [3.8, 4) is 0 Å². The highest BCUT2D eigenvalue weighted by molar-refractivity contribution is 7.90. The monoisotopic (exact) mass is 381 g/mol. The number of benzene rings is 1. The third-order valence-electron chi connectivity index (χ3n) is 5.41. The maximum atomic E-state index is 12.3. The fourth-order valence-electron chi connectivity index (χ4n) is 4.12. The molecule has 2 fully saturated rings. The summed E-state index contributed by atoms with van der Waals surface area (Å²) < 4.78 is 23.1. The normalized spacial score (nSPS) is 24.4. The summed E-state index contributed by atoms with van der Waals surface area (Å²) in [6.07, 6.45) is 5.52. The number of carbonyl (C=O) groups is 1. The summed E-state index contributed by atoms with van der Waals surface area (Å²) in [5.41, 5.74) is -0.0658. The van der Waals surface area contributed by atoms with E-state index in [1.165, 1.54) is 18.6 Å². The van der Waals surface area contributed by atoms with E-state index in [1.54, 1.807) is 0 Å². The first-order valence-electron chi connectivity index (χ1n) is 8.76. The zero-order valence-electron chi connectivity index (χ0n) is 14.6. The maximum Gasteiger partial charge on any atom is 0.293 e. The average molecular weight is 381 g/mol. The molecule has 2 bridgehead atoms. The number of nitrogens with zero attached hydrogens (tertiary/aromatic N) is 1. The van der Waals surface area contributed by atoms with Crippen molar-refractivity contribution in [1.29, 1.82) is 0 Å². The van der Waals surface area contributed by atoms with Crippen LogP contribution in [0.3, 0.4) is 0 Å². The Hall–Kier alpha value is -2.16. The Morgan fingerprint density at radius 3 is 2.62 bits per heavy atom. The fraction of sp³-hybridized carbons (Fsp3) is 0.588. The van der Waals surface area contributed by atoms with Crippen molar-refractivity contribution < 1.29 is 18.1 Å². The summed E-state index contributed by atoms with van der Waals surface area (Å²) in [6, 6.07) is 3.76. The molecule has 2 saturated carbocycles. The number of nitro groups is 1. The van der Waals surface area contributed by atoms with Gasteiger partial charge in [-0.15, -0.1) is 0 Å². The molecule has 0 saturated heterocycles. The molecule has 142 valence electrons. The fourth-order valence-corrected chi connectivity index (χ4v) is 4.76. The van der Waals surface area contributed by atoms with E-state index in [9.17, 15) is 23.3 Å². The molecule has 3 atom stereocenters. The molecule has 2 aliphatic carbocycles. The zero-order valence-corrected chi connectivity index (χ0v) is 15.4. The Bertz CT molecular complexity index is 824. The predicted octanol–water partition coefficient (Wildman–Crippen LogP) is 1.96. The van der Waals surface area contributed by atoms with Crippen LogP contribution >= 0.6 is 0 Å². The van der Waals surface area contributed by atoms with Crippen molar-refractivity contribution in [2.45, 2.75) is 30.6 Å². The SMILES string of the molecule is CS(=O)(=O)c1ccc(NCCNC(=O)[C@H]2C[C@H]3CC[C@H]2C3)c([N+](=O)[O-])c1. The number of amides is 1.